The van der Waals surface area contributed by atoms with Gasteiger partial charge in [0.15, 0.2) is 5.78 Å². The molecule has 1 aliphatic carbocycles. The monoisotopic (exact) mass is 494 g/mol. The zero-order chi connectivity index (χ0) is 25.9. The molecular weight excluding hydrogens is 459 g/mol. The number of likely N-dealkylation sites (tertiary alicyclic amines) is 1. The van der Waals surface area contributed by atoms with Gasteiger partial charge in [-0.3, -0.25) is 19.4 Å². The average molecular weight is 495 g/mol. The van der Waals surface area contributed by atoms with Crippen LogP contribution in [0.15, 0.2) is 42.7 Å². The number of primary amides is 1. The number of ketones is 1. The van der Waals surface area contributed by atoms with Gasteiger partial charge in [-0.2, -0.15) is 0 Å². The number of rotatable bonds is 8. The van der Waals surface area contributed by atoms with Crippen molar-refractivity contribution in [1.82, 2.24) is 15.2 Å². The first-order valence-electron chi connectivity index (χ1n) is 12.8. The highest BCUT2D eigenvalue weighted by atomic mass is 19.1. The van der Waals surface area contributed by atoms with Crippen LogP contribution in [0.4, 0.5) is 4.39 Å². The molecule has 1 aromatic heterocycles. The molecule has 2 aromatic rings. The lowest BCUT2D eigenvalue weighted by atomic mass is 9.69. The molecule has 0 radical (unpaired) electrons. The van der Waals surface area contributed by atoms with E-state index < -0.39 is 23.2 Å². The minimum atomic E-state index is -1.16. The fourth-order valence-electron chi connectivity index (χ4n) is 5.91. The van der Waals surface area contributed by atoms with Gasteiger partial charge in [0, 0.05) is 30.1 Å². The molecule has 1 aromatic carbocycles. The second-order valence-corrected chi connectivity index (χ2v) is 10.2. The first-order chi connectivity index (χ1) is 17.3. The van der Waals surface area contributed by atoms with Crippen LogP contribution in [0.1, 0.15) is 79.4 Å². The number of hydrogen-bond acceptors (Lipinski definition) is 5. The van der Waals surface area contributed by atoms with Crippen LogP contribution >= 0.6 is 0 Å². The molecule has 2 fully saturated rings. The van der Waals surface area contributed by atoms with Crippen molar-refractivity contribution >= 4 is 17.6 Å². The molecule has 36 heavy (non-hydrogen) atoms. The quantitative estimate of drug-likeness (QED) is 0.544. The van der Waals surface area contributed by atoms with Crippen LogP contribution in [0.3, 0.4) is 0 Å². The van der Waals surface area contributed by atoms with Gasteiger partial charge in [-0.1, -0.05) is 19.3 Å². The number of nitrogens with zero attached hydrogens (tertiary/aromatic N) is 2. The van der Waals surface area contributed by atoms with Gasteiger partial charge in [-0.05, 0) is 81.5 Å². The van der Waals surface area contributed by atoms with Crippen molar-refractivity contribution in [2.45, 2.75) is 63.5 Å². The molecule has 2 amide bonds. The van der Waals surface area contributed by atoms with E-state index in [1.165, 1.54) is 30.5 Å². The Morgan fingerprint density at radius 2 is 1.75 bits per heavy atom. The number of hydrogen-bond donors (Lipinski definition) is 2. The van der Waals surface area contributed by atoms with E-state index in [9.17, 15) is 18.8 Å². The van der Waals surface area contributed by atoms with E-state index in [4.69, 9.17) is 5.73 Å². The summed E-state index contributed by atoms with van der Waals surface area (Å²) >= 11 is 0. The number of pyridine rings is 1. The maximum absolute atomic E-state index is 14.2. The maximum atomic E-state index is 14.2. The molecule has 4 rings (SSSR count). The highest BCUT2D eigenvalue weighted by Crippen LogP contribution is 2.41. The van der Waals surface area contributed by atoms with Gasteiger partial charge < -0.3 is 16.0 Å². The minimum absolute atomic E-state index is 0.0713. The largest absolute Gasteiger partial charge is 0.368 e. The Bertz CT molecular complexity index is 1120. The minimum Gasteiger partial charge on any atom is -0.368 e. The third-order valence-electron chi connectivity index (χ3n) is 8.09. The van der Waals surface area contributed by atoms with E-state index in [1.807, 2.05) is 4.90 Å². The summed E-state index contributed by atoms with van der Waals surface area (Å²) < 4.78 is 13.3. The molecule has 3 atom stereocenters. The molecule has 0 spiro atoms. The van der Waals surface area contributed by atoms with Gasteiger partial charge in [-0.25, -0.2) is 4.39 Å². The maximum Gasteiger partial charge on any atom is 0.238 e. The van der Waals surface area contributed by atoms with Crippen LogP contribution in [0.2, 0.25) is 0 Å². The molecule has 7 nitrogen and oxygen atoms in total. The van der Waals surface area contributed by atoms with Crippen LogP contribution in [0, 0.1) is 17.7 Å². The fourth-order valence-corrected chi connectivity index (χ4v) is 5.91. The number of halogens is 1. The normalized spacial score (nSPS) is 21.1. The molecule has 1 unspecified atom stereocenters. The third-order valence-corrected chi connectivity index (χ3v) is 8.09. The first kappa shape index (κ1) is 25.9. The predicted molar refractivity (Wildman–Crippen MR) is 134 cm³/mol. The van der Waals surface area contributed by atoms with Gasteiger partial charge in [0.25, 0.3) is 0 Å². The highest BCUT2D eigenvalue weighted by Gasteiger charge is 2.50. The Hall–Kier alpha value is -3.13. The van der Waals surface area contributed by atoms with Gasteiger partial charge >= 0.3 is 0 Å². The number of aromatic nitrogens is 1. The van der Waals surface area contributed by atoms with Crippen molar-refractivity contribution in [2.75, 3.05) is 13.6 Å². The predicted octanol–water partition coefficient (Wildman–Crippen LogP) is 3.78. The van der Waals surface area contributed by atoms with Crippen LogP contribution in [-0.4, -0.2) is 46.6 Å². The smallest absolute Gasteiger partial charge is 0.238 e. The summed E-state index contributed by atoms with van der Waals surface area (Å²) in [5.74, 6) is -1.76. The topological polar surface area (TPSA) is 105 Å². The summed E-state index contributed by atoms with van der Waals surface area (Å²) in [6.45, 7) is 2.31. The van der Waals surface area contributed by atoms with Gasteiger partial charge in [0.05, 0.1) is 12.0 Å². The van der Waals surface area contributed by atoms with Crippen LogP contribution in [0.5, 0.6) is 0 Å². The van der Waals surface area contributed by atoms with Gasteiger partial charge in [-0.15, -0.1) is 0 Å². The summed E-state index contributed by atoms with van der Waals surface area (Å²) in [6, 6.07) is 6.94. The summed E-state index contributed by atoms with van der Waals surface area (Å²) in [7, 11) is 1.68. The Morgan fingerprint density at radius 3 is 2.39 bits per heavy atom. The summed E-state index contributed by atoms with van der Waals surface area (Å²) in [5, 5.41) is 3.07. The second kappa shape index (κ2) is 10.9. The van der Waals surface area contributed by atoms with E-state index in [-0.39, 0.29) is 23.7 Å². The van der Waals surface area contributed by atoms with E-state index in [1.54, 1.807) is 26.2 Å². The second-order valence-electron chi connectivity index (χ2n) is 10.2. The average Bonchev–Trinajstić information content (AvgIpc) is 3.39. The fraction of sp³-hybridized carbons (Fsp3) is 0.500. The Kier molecular flexibility index (Phi) is 7.83. The molecule has 1 saturated heterocycles. The van der Waals surface area contributed by atoms with Gasteiger partial charge in [0.1, 0.15) is 11.4 Å². The third kappa shape index (κ3) is 5.05. The zero-order valence-electron chi connectivity index (χ0n) is 21.0. The van der Waals surface area contributed by atoms with E-state index in [0.717, 1.165) is 50.5 Å². The van der Waals surface area contributed by atoms with Crippen LogP contribution in [0.25, 0.3) is 0 Å². The lowest BCUT2D eigenvalue weighted by molar-refractivity contribution is -0.147. The van der Waals surface area contributed by atoms with E-state index >= 15 is 0 Å². The molecule has 192 valence electrons. The molecule has 2 aliphatic rings. The van der Waals surface area contributed by atoms with Crippen molar-refractivity contribution in [2.24, 2.45) is 17.6 Å². The molecular formula is C28H35FN4O3. The number of nitrogens with one attached hydrogen (secondary N) is 1. The molecule has 1 saturated carbocycles. The van der Waals surface area contributed by atoms with Crippen LogP contribution in [-0.2, 0) is 9.59 Å². The molecule has 1 aliphatic heterocycles. The molecule has 0 bridgehead atoms. The number of carbonyl (C=O) groups excluding carboxylic acids is 3. The van der Waals surface area contributed by atoms with Gasteiger partial charge in [0.2, 0.25) is 11.8 Å². The first-order valence-corrected chi connectivity index (χ1v) is 12.8. The summed E-state index contributed by atoms with van der Waals surface area (Å²) in [4.78, 5) is 45.9. The lowest BCUT2D eigenvalue weighted by Gasteiger charge is -2.43. The molecule has 8 heteroatoms. The number of nitrogens with two attached hydrogens (primary N) is 1. The van der Waals surface area contributed by atoms with Crippen molar-refractivity contribution in [3.63, 3.8) is 0 Å². The number of amides is 2. The van der Waals surface area contributed by atoms with Crippen molar-refractivity contribution < 1.29 is 18.8 Å². The van der Waals surface area contributed by atoms with E-state index in [2.05, 4.69) is 10.3 Å². The number of carbonyl (C=O) groups is 3. The van der Waals surface area contributed by atoms with Crippen molar-refractivity contribution in [3.05, 3.63) is 65.2 Å². The zero-order valence-corrected chi connectivity index (χ0v) is 21.0. The van der Waals surface area contributed by atoms with Crippen molar-refractivity contribution in [3.8, 4) is 0 Å². The molecule has 2 heterocycles. The molecule has 3 N–H and O–H groups in total. The summed E-state index contributed by atoms with van der Waals surface area (Å²) in [6.07, 6.45) is 9.73. The standard InChI is InChI=1S/C28H35FN4O3/c1-28(31-2,27(30)36)24(18-7-4-3-5-8-18)26(35)33-14-6-9-23(33)20-15-21(17-32-16-20)25(34)19-10-12-22(29)13-11-19/h10-13,15-18,23-24,31H,3-9,14H2,1-2H3,(H2,30,36)/t23-,24+,28?/m0/s1. The Balaban J connectivity index is 1.64. The van der Waals surface area contributed by atoms with Crippen molar-refractivity contribution in [1.29, 1.82) is 0 Å². The van der Waals surface area contributed by atoms with E-state index in [0.29, 0.717) is 17.7 Å². The Morgan fingerprint density at radius 1 is 1.06 bits per heavy atom. The number of likely N-dealkylation sites (N-methyl/N-ethyl adjacent to an activating group) is 1. The summed E-state index contributed by atoms with van der Waals surface area (Å²) in [5.41, 5.74) is 6.23. The number of benzene rings is 1. The highest BCUT2D eigenvalue weighted by molar-refractivity contribution is 6.08. The Labute approximate surface area is 211 Å². The SMILES string of the molecule is CNC(C)(C(N)=O)[C@@H](C(=O)N1CCC[C@H]1c1cncc(C(=O)c2ccc(F)cc2)c1)C1CCCCC1. The van der Waals surface area contributed by atoms with Crippen LogP contribution < -0.4 is 11.1 Å². The lowest BCUT2D eigenvalue weighted by Crippen LogP contribution is -2.63.